The van der Waals surface area contributed by atoms with Crippen molar-refractivity contribution >= 4 is 29.1 Å². The second kappa shape index (κ2) is 10.6. The van der Waals surface area contributed by atoms with Crippen LogP contribution < -0.4 is 20.9 Å². The maximum Gasteiger partial charge on any atom is 0.310 e. The van der Waals surface area contributed by atoms with Crippen molar-refractivity contribution < 1.29 is 24.0 Å². The van der Waals surface area contributed by atoms with Gasteiger partial charge in [0.05, 0.1) is 4.92 Å². The standard InChI is InChI=1S/C20H22N4O6/c1-3-6-18(25)21-15-11-9-14(10-12-15)20(27)23-22-19(26)13(2)30-17-8-5-4-7-16(17)24(28)29/h4-5,7-13H,3,6H2,1-2H3,(H,21,25)(H,22,26)(H,23,27)/t13-/m1/s1. The van der Waals surface area contributed by atoms with Crippen LogP contribution >= 0.6 is 0 Å². The van der Waals surface area contributed by atoms with Crippen LogP contribution in [0.1, 0.15) is 37.0 Å². The molecule has 10 heteroatoms. The van der Waals surface area contributed by atoms with E-state index in [-0.39, 0.29) is 22.9 Å². The van der Waals surface area contributed by atoms with E-state index in [1.54, 1.807) is 18.2 Å². The lowest BCUT2D eigenvalue weighted by Crippen LogP contribution is -2.47. The van der Waals surface area contributed by atoms with Crippen molar-refractivity contribution in [2.45, 2.75) is 32.8 Å². The fourth-order valence-electron chi connectivity index (χ4n) is 2.40. The van der Waals surface area contributed by atoms with Crippen LogP contribution in [0, 0.1) is 10.1 Å². The van der Waals surface area contributed by atoms with Gasteiger partial charge in [0.15, 0.2) is 11.9 Å². The van der Waals surface area contributed by atoms with E-state index in [1.807, 2.05) is 6.92 Å². The molecule has 3 amide bonds. The zero-order chi connectivity index (χ0) is 22.1. The van der Waals surface area contributed by atoms with Crippen molar-refractivity contribution in [3.05, 3.63) is 64.2 Å². The number of nitro groups is 1. The van der Waals surface area contributed by atoms with Gasteiger partial charge in [-0.15, -0.1) is 0 Å². The highest BCUT2D eigenvalue weighted by atomic mass is 16.6. The van der Waals surface area contributed by atoms with E-state index >= 15 is 0 Å². The zero-order valence-electron chi connectivity index (χ0n) is 16.5. The number of hydrazine groups is 1. The van der Waals surface area contributed by atoms with Crippen LogP contribution in [-0.4, -0.2) is 28.7 Å². The summed E-state index contributed by atoms with van der Waals surface area (Å²) in [7, 11) is 0. The molecule has 0 spiro atoms. The molecule has 0 heterocycles. The molecular formula is C20H22N4O6. The molecule has 0 saturated heterocycles. The highest BCUT2D eigenvalue weighted by Crippen LogP contribution is 2.26. The average Bonchev–Trinajstić information content (AvgIpc) is 2.72. The molecule has 2 aromatic rings. The first kappa shape index (κ1) is 22.3. The Hall–Kier alpha value is -3.95. The zero-order valence-corrected chi connectivity index (χ0v) is 16.5. The number of nitrogens with zero attached hydrogens (tertiary/aromatic N) is 1. The van der Waals surface area contributed by atoms with Crippen LogP contribution in [0.5, 0.6) is 5.75 Å². The number of carbonyl (C=O) groups is 3. The summed E-state index contributed by atoms with van der Waals surface area (Å²) in [5.41, 5.74) is 5.00. The number of anilines is 1. The fraction of sp³-hybridized carbons (Fsp3) is 0.250. The van der Waals surface area contributed by atoms with Gasteiger partial charge in [-0.1, -0.05) is 19.1 Å². The number of benzene rings is 2. The summed E-state index contributed by atoms with van der Waals surface area (Å²) < 4.78 is 5.33. The molecule has 3 N–H and O–H groups in total. The Morgan fingerprint density at radius 3 is 2.37 bits per heavy atom. The highest BCUT2D eigenvalue weighted by Gasteiger charge is 2.21. The van der Waals surface area contributed by atoms with Crippen LogP contribution in [0.2, 0.25) is 0 Å². The van der Waals surface area contributed by atoms with E-state index in [1.165, 1.54) is 37.3 Å². The number of nitro benzene ring substituents is 1. The van der Waals surface area contributed by atoms with Gasteiger partial charge >= 0.3 is 5.69 Å². The third-order valence-electron chi connectivity index (χ3n) is 3.94. The summed E-state index contributed by atoms with van der Waals surface area (Å²) in [5.74, 6) is -1.44. The van der Waals surface area contributed by atoms with Crippen LogP contribution in [-0.2, 0) is 9.59 Å². The number of nitrogens with one attached hydrogen (secondary N) is 3. The van der Waals surface area contributed by atoms with Gasteiger partial charge in [0.2, 0.25) is 5.91 Å². The third-order valence-corrected chi connectivity index (χ3v) is 3.94. The van der Waals surface area contributed by atoms with Crippen molar-refractivity contribution in [1.82, 2.24) is 10.9 Å². The number of amides is 3. The summed E-state index contributed by atoms with van der Waals surface area (Å²) in [6.07, 6.45) is 0.0365. The summed E-state index contributed by atoms with van der Waals surface area (Å²) in [4.78, 5) is 46.3. The molecule has 0 aliphatic rings. The van der Waals surface area contributed by atoms with Gasteiger partial charge in [-0.2, -0.15) is 0 Å². The Morgan fingerprint density at radius 2 is 1.73 bits per heavy atom. The summed E-state index contributed by atoms with van der Waals surface area (Å²) >= 11 is 0. The van der Waals surface area contributed by atoms with Gasteiger partial charge in [-0.05, 0) is 43.7 Å². The van der Waals surface area contributed by atoms with Gasteiger partial charge in [0.1, 0.15) is 0 Å². The molecule has 2 rings (SSSR count). The molecular weight excluding hydrogens is 392 g/mol. The molecule has 0 bridgehead atoms. The summed E-state index contributed by atoms with van der Waals surface area (Å²) in [6, 6.07) is 11.8. The quantitative estimate of drug-likeness (QED) is 0.448. The average molecular weight is 414 g/mol. The highest BCUT2D eigenvalue weighted by molar-refractivity contribution is 5.97. The molecule has 0 unspecified atom stereocenters. The molecule has 2 aromatic carbocycles. The molecule has 158 valence electrons. The predicted molar refractivity (Wildman–Crippen MR) is 109 cm³/mol. The van der Waals surface area contributed by atoms with E-state index in [0.29, 0.717) is 12.1 Å². The van der Waals surface area contributed by atoms with Crippen molar-refractivity contribution in [2.24, 2.45) is 0 Å². The Bertz CT molecular complexity index is 929. The van der Waals surface area contributed by atoms with Crippen LogP contribution in [0.4, 0.5) is 11.4 Å². The van der Waals surface area contributed by atoms with E-state index in [4.69, 9.17) is 4.74 Å². The Balaban J connectivity index is 1.89. The summed E-state index contributed by atoms with van der Waals surface area (Å²) in [6.45, 7) is 3.29. The van der Waals surface area contributed by atoms with Crippen molar-refractivity contribution in [3.8, 4) is 5.75 Å². The maximum atomic E-state index is 12.2. The van der Waals surface area contributed by atoms with Crippen LogP contribution in [0.3, 0.4) is 0 Å². The minimum Gasteiger partial charge on any atom is -0.474 e. The van der Waals surface area contributed by atoms with Gasteiger partial charge in [-0.3, -0.25) is 35.3 Å². The number of para-hydroxylation sites is 2. The SMILES string of the molecule is CCCC(=O)Nc1ccc(C(=O)NNC(=O)[C@@H](C)Oc2ccccc2[N+](=O)[O-])cc1. The smallest absolute Gasteiger partial charge is 0.310 e. The second-order valence-corrected chi connectivity index (χ2v) is 6.30. The van der Waals surface area contributed by atoms with Crippen molar-refractivity contribution in [3.63, 3.8) is 0 Å². The Kier molecular flexibility index (Phi) is 7.86. The first-order valence-electron chi connectivity index (χ1n) is 9.22. The molecule has 0 saturated carbocycles. The van der Waals surface area contributed by atoms with Crippen LogP contribution in [0.25, 0.3) is 0 Å². The van der Waals surface area contributed by atoms with E-state index in [9.17, 15) is 24.5 Å². The summed E-state index contributed by atoms with van der Waals surface area (Å²) in [5, 5.41) is 13.7. The number of rotatable bonds is 8. The molecule has 0 aliphatic heterocycles. The lowest BCUT2D eigenvalue weighted by molar-refractivity contribution is -0.386. The molecule has 0 aromatic heterocycles. The molecule has 30 heavy (non-hydrogen) atoms. The third kappa shape index (κ3) is 6.30. The van der Waals surface area contributed by atoms with Crippen LogP contribution in [0.15, 0.2) is 48.5 Å². The molecule has 0 aliphatic carbocycles. The molecule has 0 radical (unpaired) electrons. The number of carbonyl (C=O) groups excluding carboxylic acids is 3. The molecule has 0 fully saturated rings. The Labute approximate surface area is 172 Å². The lowest BCUT2D eigenvalue weighted by atomic mass is 10.2. The largest absolute Gasteiger partial charge is 0.474 e. The van der Waals surface area contributed by atoms with E-state index < -0.39 is 22.8 Å². The maximum absolute atomic E-state index is 12.2. The minimum absolute atomic E-state index is 0.0582. The van der Waals surface area contributed by atoms with E-state index in [2.05, 4.69) is 16.2 Å². The number of hydrogen-bond donors (Lipinski definition) is 3. The molecule has 1 atom stereocenters. The van der Waals surface area contributed by atoms with Gasteiger partial charge in [0.25, 0.3) is 11.8 Å². The van der Waals surface area contributed by atoms with Crippen molar-refractivity contribution in [1.29, 1.82) is 0 Å². The predicted octanol–water partition coefficient (Wildman–Crippen LogP) is 2.56. The normalized spacial score (nSPS) is 11.1. The first-order chi connectivity index (χ1) is 14.3. The topological polar surface area (TPSA) is 140 Å². The molecule has 10 nitrogen and oxygen atoms in total. The van der Waals surface area contributed by atoms with Crippen molar-refractivity contribution in [2.75, 3.05) is 5.32 Å². The fourth-order valence-corrected chi connectivity index (χ4v) is 2.40. The van der Waals surface area contributed by atoms with Gasteiger partial charge in [-0.25, -0.2) is 0 Å². The van der Waals surface area contributed by atoms with Gasteiger partial charge in [0, 0.05) is 23.7 Å². The monoisotopic (exact) mass is 414 g/mol. The minimum atomic E-state index is -1.09. The first-order valence-corrected chi connectivity index (χ1v) is 9.22. The second-order valence-electron chi connectivity index (χ2n) is 6.30. The number of ether oxygens (including phenoxy) is 1. The number of hydrogen-bond acceptors (Lipinski definition) is 6. The Morgan fingerprint density at radius 1 is 1.07 bits per heavy atom. The van der Waals surface area contributed by atoms with E-state index in [0.717, 1.165) is 6.42 Å². The van der Waals surface area contributed by atoms with Gasteiger partial charge < -0.3 is 10.1 Å². The lowest BCUT2D eigenvalue weighted by Gasteiger charge is -2.15.